The molecule has 0 aliphatic heterocycles. The van der Waals surface area contributed by atoms with E-state index in [0.717, 1.165) is 40.7 Å². The normalized spacial score (nSPS) is 10.9. The molecular formula is C12H15BrN2O. The summed E-state index contributed by atoms with van der Waals surface area (Å²) in [5.74, 6) is 0.901. The molecule has 0 fully saturated rings. The highest BCUT2D eigenvalue weighted by Crippen LogP contribution is 2.29. The molecule has 0 aliphatic rings. The van der Waals surface area contributed by atoms with Gasteiger partial charge in [-0.2, -0.15) is 0 Å². The fourth-order valence-electron chi connectivity index (χ4n) is 1.66. The Bertz CT molecular complexity index is 493. The van der Waals surface area contributed by atoms with Crippen molar-refractivity contribution in [1.82, 2.24) is 9.55 Å². The molecule has 1 aromatic carbocycles. The third kappa shape index (κ3) is 2.21. The lowest BCUT2D eigenvalue weighted by molar-refractivity contribution is 0.311. The molecule has 0 unspecified atom stereocenters. The van der Waals surface area contributed by atoms with Crippen LogP contribution in [0.15, 0.2) is 22.9 Å². The Labute approximate surface area is 104 Å². The van der Waals surface area contributed by atoms with Crippen molar-refractivity contribution in [2.24, 2.45) is 7.05 Å². The summed E-state index contributed by atoms with van der Waals surface area (Å²) in [4.78, 5) is 4.32. The zero-order valence-electron chi connectivity index (χ0n) is 9.53. The summed E-state index contributed by atoms with van der Waals surface area (Å²) in [6.07, 6.45) is 4.03. The first-order valence-corrected chi connectivity index (χ1v) is 6.25. The van der Waals surface area contributed by atoms with Crippen LogP contribution < -0.4 is 4.74 Å². The molecule has 0 saturated carbocycles. The Morgan fingerprint density at radius 3 is 3.00 bits per heavy atom. The molecule has 0 saturated heterocycles. The average Bonchev–Trinajstić information content (AvgIpc) is 2.60. The minimum absolute atomic E-state index is 0.757. The Morgan fingerprint density at radius 1 is 1.44 bits per heavy atom. The zero-order valence-corrected chi connectivity index (χ0v) is 11.1. The minimum Gasteiger partial charge on any atom is -0.491 e. The van der Waals surface area contributed by atoms with Crippen LogP contribution in [-0.4, -0.2) is 16.2 Å². The van der Waals surface area contributed by atoms with Gasteiger partial charge in [-0.3, -0.25) is 0 Å². The molecule has 0 aliphatic carbocycles. The number of nitrogens with zero attached hydrogens (tertiary/aromatic N) is 2. The summed E-state index contributed by atoms with van der Waals surface area (Å²) < 4.78 is 8.78. The predicted octanol–water partition coefficient (Wildman–Crippen LogP) is 3.51. The van der Waals surface area contributed by atoms with Crippen LogP contribution in [0, 0.1) is 0 Å². The van der Waals surface area contributed by atoms with Gasteiger partial charge in [0.15, 0.2) is 0 Å². The van der Waals surface area contributed by atoms with Gasteiger partial charge >= 0.3 is 0 Å². The topological polar surface area (TPSA) is 27.1 Å². The second-order valence-electron chi connectivity index (χ2n) is 3.83. The first kappa shape index (κ1) is 11.5. The van der Waals surface area contributed by atoms with Crippen LogP contribution >= 0.6 is 15.9 Å². The first-order valence-electron chi connectivity index (χ1n) is 5.45. The van der Waals surface area contributed by atoms with E-state index in [0.29, 0.717) is 0 Å². The van der Waals surface area contributed by atoms with E-state index in [2.05, 4.69) is 27.8 Å². The van der Waals surface area contributed by atoms with Crippen molar-refractivity contribution in [3.63, 3.8) is 0 Å². The average molecular weight is 283 g/mol. The van der Waals surface area contributed by atoms with Crippen molar-refractivity contribution in [1.29, 1.82) is 0 Å². The second-order valence-corrected chi connectivity index (χ2v) is 4.74. The molecule has 0 bridgehead atoms. The third-order valence-corrected chi connectivity index (χ3v) is 2.96. The Balaban J connectivity index is 2.37. The predicted molar refractivity (Wildman–Crippen MR) is 68.8 cm³/mol. The number of imidazole rings is 1. The van der Waals surface area contributed by atoms with Crippen LogP contribution in [0.4, 0.5) is 0 Å². The molecule has 0 amide bonds. The SMILES string of the molecule is CCCCOc1cc(Br)cc2ncn(C)c12. The summed E-state index contributed by atoms with van der Waals surface area (Å²) in [6.45, 7) is 2.91. The van der Waals surface area contributed by atoms with Gasteiger partial charge in [-0.15, -0.1) is 0 Å². The quantitative estimate of drug-likeness (QED) is 0.803. The number of hydrogen-bond donors (Lipinski definition) is 0. The van der Waals surface area contributed by atoms with Crippen molar-refractivity contribution < 1.29 is 4.74 Å². The van der Waals surface area contributed by atoms with E-state index in [1.54, 1.807) is 0 Å². The first-order chi connectivity index (χ1) is 7.72. The van der Waals surface area contributed by atoms with Gasteiger partial charge in [0.25, 0.3) is 0 Å². The van der Waals surface area contributed by atoms with E-state index in [9.17, 15) is 0 Å². The number of aromatic nitrogens is 2. The number of fused-ring (bicyclic) bond motifs is 1. The molecule has 2 rings (SSSR count). The summed E-state index contributed by atoms with van der Waals surface area (Å²) in [5.41, 5.74) is 2.02. The zero-order chi connectivity index (χ0) is 11.5. The fraction of sp³-hybridized carbons (Fsp3) is 0.417. The summed E-state index contributed by atoms with van der Waals surface area (Å²) in [7, 11) is 1.98. The third-order valence-electron chi connectivity index (χ3n) is 2.50. The number of ether oxygens (including phenoxy) is 1. The van der Waals surface area contributed by atoms with Gasteiger partial charge < -0.3 is 9.30 Å². The highest BCUT2D eigenvalue weighted by atomic mass is 79.9. The van der Waals surface area contributed by atoms with E-state index >= 15 is 0 Å². The maximum absolute atomic E-state index is 5.79. The summed E-state index contributed by atoms with van der Waals surface area (Å²) in [5, 5.41) is 0. The Morgan fingerprint density at radius 2 is 2.25 bits per heavy atom. The van der Waals surface area contributed by atoms with E-state index in [1.165, 1.54) is 0 Å². The van der Waals surface area contributed by atoms with Gasteiger partial charge in [-0.05, 0) is 18.6 Å². The minimum atomic E-state index is 0.757. The number of benzene rings is 1. The van der Waals surface area contributed by atoms with Gasteiger partial charge in [-0.1, -0.05) is 29.3 Å². The van der Waals surface area contributed by atoms with Crippen molar-refractivity contribution in [3.05, 3.63) is 22.9 Å². The number of unbranched alkanes of at least 4 members (excludes halogenated alkanes) is 1. The Hall–Kier alpha value is -1.03. The van der Waals surface area contributed by atoms with Crippen LogP contribution in [0.25, 0.3) is 11.0 Å². The van der Waals surface area contributed by atoms with Crippen LogP contribution in [0.1, 0.15) is 19.8 Å². The molecule has 0 N–H and O–H groups in total. The van der Waals surface area contributed by atoms with E-state index in [1.807, 2.05) is 30.1 Å². The van der Waals surface area contributed by atoms with Crippen molar-refractivity contribution in [2.45, 2.75) is 19.8 Å². The highest BCUT2D eigenvalue weighted by Gasteiger charge is 2.08. The van der Waals surface area contributed by atoms with Crippen molar-refractivity contribution in [2.75, 3.05) is 6.61 Å². The number of rotatable bonds is 4. The molecule has 16 heavy (non-hydrogen) atoms. The van der Waals surface area contributed by atoms with Gasteiger partial charge in [0.05, 0.1) is 18.5 Å². The molecule has 0 radical (unpaired) electrons. The largest absolute Gasteiger partial charge is 0.491 e. The fourth-order valence-corrected chi connectivity index (χ4v) is 2.08. The number of aryl methyl sites for hydroxylation is 1. The lowest BCUT2D eigenvalue weighted by Gasteiger charge is -2.08. The van der Waals surface area contributed by atoms with Gasteiger partial charge in [0, 0.05) is 11.5 Å². The monoisotopic (exact) mass is 282 g/mol. The van der Waals surface area contributed by atoms with E-state index < -0.39 is 0 Å². The second kappa shape index (κ2) is 4.87. The standard InChI is InChI=1S/C12H15BrN2O/c1-3-4-5-16-11-7-9(13)6-10-12(11)15(2)8-14-10/h6-8H,3-5H2,1-2H3. The van der Waals surface area contributed by atoms with Gasteiger partial charge in [-0.25, -0.2) is 4.98 Å². The van der Waals surface area contributed by atoms with Crippen LogP contribution in [-0.2, 0) is 7.05 Å². The van der Waals surface area contributed by atoms with Gasteiger partial charge in [0.1, 0.15) is 11.3 Å². The molecule has 4 heteroatoms. The van der Waals surface area contributed by atoms with E-state index in [4.69, 9.17) is 4.74 Å². The lowest BCUT2D eigenvalue weighted by Crippen LogP contribution is -1.98. The smallest absolute Gasteiger partial charge is 0.146 e. The van der Waals surface area contributed by atoms with Crippen LogP contribution in [0.5, 0.6) is 5.75 Å². The van der Waals surface area contributed by atoms with Gasteiger partial charge in [0.2, 0.25) is 0 Å². The molecule has 0 atom stereocenters. The number of hydrogen-bond acceptors (Lipinski definition) is 2. The molecule has 2 aromatic rings. The maximum Gasteiger partial charge on any atom is 0.146 e. The lowest BCUT2D eigenvalue weighted by atomic mass is 10.3. The molecule has 1 heterocycles. The molecule has 86 valence electrons. The van der Waals surface area contributed by atoms with E-state index in [-0.39, 0.29) is 0 Å². The summed E-state index contributed by atoms with van der Waals surface area (Å²) >= 11 is 3.47. The highest BCUT2D eigenvalue weighted by molar-refractivity contribution is 9.10. The number of halogens is 1. The Kier molecular flexibility index (Phi) is 3.49. The van der Waals surface area contributed by atoms with Crippen molar-refractivity contribution >= 4 is 27.0 Å². The van der Waals surface area contributed by atoms with Crippen molar-refractivity contribution in [3.8, 4) is 5.75 Å². The van der Waals surface area contributed by atoms with Crippen LogP contribution in [0.2, 0.25) is 0 Å². The molecular weight excluding hydrogens is 268 g/mol. The van der Waals surface area contributed by atoms with Crippen LogP contribution in [0.3, 0.4) is 0 Å². The molecule has 3 nitrogen and oxygen atoms in total. The molecule has 0 spiro atoms. The summed E-state index contributed by atoms with van der Waals surface area (Å²) in [6, 6.07) is 4.00. The maximum atomic E-state index is 5.79. The molecule has 1 aromatic heterocycles.